The number of aliphatic hydroxyl groups is 1. The van der Waals surface area contributed by atoms with Crippen LogP contribution in [0.1, 0.15) is 34.7 Å². The van der Waals surface area contributed by atoms with E-state index in [0.717, 1.165) is 33.9 Å². The Morgan fingerprint density at radius 3 is 2.58 bits per heavy atom. The molecule has 2 heterocycles. The van der Waals surface area contributed by atoms with Gasteiger partial charge in [0.2, 0.25) is 5.88 Å². The molecule has 26 heavy (non-hydrogen) atoms. The lowest BCUT2D eigenvalue weighted by molar-refractivity contribution is 0.199. The van der Waals surface area contributed by atoms with Gasteiger partial charge in [-0.3, -0.25) is 14.8 Å². The first-order chi connectivity index (χ1) is 12.5. The summed E-state index contributed by atoms with van der Waals surface area (Å²) in [6, 6.07) is 11.3. The summed E-state index contributed by atoms with van der Waals surface area (Å²) in [7, 11) is 0. The van der Waals surface area contributed by atoms with Crippen LogP contribution in [0.3, 0.4) is 0 Å². The van der Waals surface area contributed by atoms with E-state index >= 15 is 0 Å². The molecule has 0 bridgehead atoms. The maximum absolute atomic E-state index is 11.2. The van der Waals surface area contributed by atoms with Crippen LogP contribution in [0.5, 0.6) is 11.6 Å². The zero-order chi connectivity index (χ0) is 18.5. The van der Waals surface area contributed by atoms with Gasteiger partial charge in [0.05, 0.1) is 17.6 Å². The van der Waals surface area contributed by atoms with Gasteiger partial charge in [-0.15, -0.1) is 0 Å². The molecule has 0 aliphatic heterocycles. The number of rotatable bonds is 7. The molecule has 0 aliphatic carbocycles. The van der Waals surface area contributed by atoms with E-state index in [-0.39, 0.29) is 10.8 Å². The minimum Gasteiger partial charge on any atom is -0.494 e. The number of thiazole rings is 1. The summed E-state index contributed by atoms with van der Waals surface area (Å²) >= 11 is 1.01. The topological polar surface area (TPSA) is 95.4 Å². The summed E-state index contributed by atoms with van der Waals surface area (Å²) in [5.41, 5.74) is 2.69. The number of ether oxygens (including phenoxy) is 1. The Hall–Kier alpha value is -2.64. The van der Waals surface area contributed by atoms with Crippen molar-refractivity contribution in [3.63, 3.8) is 0 Å². The predicted molar refractivity (Wildman–Crippen MR) is 99.9 cm³/mol. The highest BCUT2D eigenvalue weighted by molar-refractivity contribution is 7.09. The number of aromatic nitrogens is 2. The highest BCUT2D eigenvalue weighted by Gasteiger charge is 2.08. The van der Waals surface area contributed by atoms with E-state index < -0.39 is 6.10 Å². The fourth-order valence-corrected chi connectivity index (χ4v) is 3.22. The van der Waals surface area contributed by atoms with Gasteiger partial charge in [0.1, 0.15) is 5.75 Å². The van der Waals surface area contributed by atoms with Crippen molar-refractivity contribution in [2.75, 3.05) is 6.61 Å². The van der Waals surface area contributed by atoms with Gasteiger partial charge in [0.15, 0.2) is 0 Å². The molecule has 0 fully saturated rings. The Morgan fingerprint density at radius 2 is 2.00 bits per heavy atom. The number of hydrogen-bond donors (Lipinski definition) is 3. The van der Waals surface area contributed by atoms with Crippen molar-refractivity contribution in [2.24, 2.45) is 0 Å². The van der Waals surface area contributed by atoms with Crippen LogP contribution >= 0.6 is 11.3 Å². The molecular weight excluding hydrogens is 352 g/mol. The Balaban J connectivity index is 1.51. The van der Waals surface area contributed by atoms with E-state index in [1.807, 2.05) is 36.4 Å². The minimum atomic E-state index is -0.513. The van der Waals surface area contributed by atoms with Crippen molar-refractivity contribution in [1.82, 2.24) is 9.97 Å². The van der Waals surface area contributed by atoms with Gasteiger partial charge in [-0.1, -0.05) is 29.5 Å². The van der Waals surface area contributed by atoms with Gasteiger partial charge >= 0.3 is 4.87 Å². The lowest BCUT2D eigenvalue weighted by Crippen LogP contribution is -2.03. The number of pyridine rings is 1. The molecule has 0 spiro atoms. The molecule has 2 aromatic heterocycles. The van der Waals surface area contributed by atoms with Gasteiger partial charge in [0, 0.05) is 24.7 Å². The van der Waals surface area contributed by atoms with Crippen molar-refractivity contribution in [2.45, 2.75) is 25.9 Å². The molecule has 1 unspecified atom stereocenters. The fourth-order valence-electron chi connectivity index (χ4n) is 2.47. The molecule has 1 aromatic carbocycles. The average molecular weight is 372 g/mol. The van der Waals surface area contributed by atoms with E-state index in [1.54, 1.807) is 13.1 Å². The largest absolute Gasteiger partial charge is 0.494 e. The van der Waals surface area contributed by atoms with E-state index in [1.165, 1.54) is 0 Å². The standard InChI is InChI=1S/C19H20N2O4S/c1-12(22)14-4-5-15(20-11-14)8-9-25-16-6-2-13(3-7-16)10-17-18(23)21-19(24)26-17/h2-7,11-12,22-23H,8-10H2,1H3,(H,21,24). The van der Waals surface area contributed by atoms with E-state index in [2.05, 4.69) is 9.97 Å². The summed E-state index contributed by atoms with van der Waals surface area (Å²) < 4.78 is 5.73. The third-order valence-electron chi connectivity index (χ3n) is 3.95. The number of hydrogen-bond acceptors (Lipinski definition) is 6. The van der Waals surface area contributed by atoms with Crippen LogP contribution in [-0.4, -0.2) is 26.8 Å². The second-order valence-corrected chi connectivity index (χ2v) is 7.03. The molecular formula is C19H20N2O4S. The fraction of sp³-hybridized carbons (Fsp3) is 0.263. The first-order valence-corrected chi connectivity index (χ1v) is 9.08. The molecule has 0 saturated heterocycles. The van der Waals surface area contributed by atoms with Gasteiger partial charge in [-0.05, 0) is 36.2 Å². The van der Waals surface area contributed by atoms with Crippen molar-refractivity contribution in [3.05, 3.63) is 74.0 Å². The third kappa shape index (κ3) is 4.71. The molecule has 0 radical (unpaired) electrons. The van der Waals surface area contributed by atoms with Crippen LogP contribution < -0.4 is 9.61 Å². The molecule has 1 atom stereocenters. The first kappa shape index (κ1) is 18.2. The maximum Gasteiger partial charge on any atom is 0.307 e. The van der Waals surface area contributed by atoms with Gasteiger partial charge in [-0.2, -0.15) is 0 Å². The predicted octanol–water partition coefficient (Wildman–Crippen LogP) is 2.80. The van der Waals surface area contributed by atoms with Gasteiger partial charge in [0.25, 0.3) is 0 Å². The van der Waals surface area contributed by atoms with Crippen LogP contribution in [0.4, 0.5) is 0 Å². The number of aromatic hydroxyl groups is 1. The summed E-state index contributed by atoms with van der Waals surface area (Å²) in [4.78, 5) is 18.2. The maximum atomic E-state index is 11.2. The van der Waals surface area contributed by atoms with Gasteiger partial charge in [-0.25, -0.2) is 0 Å². The highest BCUT2D eigenvalue weighted by atomic mass is 32.1. The molecule has 7 heteroatoms. The normalized spacial score (nSPS) is 12.1. The second kappa shape index (κ2) is 8.16. The van der Waals surface area contributed by atoms with E-state index in [9.17, 15) is 15.0 Å². The Labute approximate surface area is 154 Å². The van der Waals surface area contributed by atoms with Crippen molar-refractivity contribution in [3.8, 4) is 11.6 Å². The second-order valence-electron chi connectivity index (χ2n) is 5.96. The lowest BCUT2D eigenvalue weighted by Gasteiger charge is -2.08. The Kier molecular flexibility index (Phi) is 5.70. The Bertz CT molecular complexity index is 899. The highest BCUT2D eigenvalue weighted by Crippen LogP contribution is 2.21. The SMILES string of the molecule is CC(O)c1ccc(CCOc2ccc(Cc3sc(=O)[nH]c3O)cc2)nc1. The molecule has 3 N–H and O–H groups in total. The molecule has 3 aromatic rings. The number of nitrogens with zero attached hydrogens (tertiary/aromatic N) is 1. The average Bonchev–Trinajstić information content (AvgIpc) is 2.94. The molecule has 0 amide bonds. The van der Waals surface area contributed by atoms with Crippen molar-refractivity contribution < 1.29 is 14.9 Å². The number of aromatic amines is 1. The minimum absolute atomic E-state index is 0.0607. The number of H-pyrrole nitrogens is 1. The third-order valence-corrected chi connectivity index (χ3v) is 4.82. The number of aliphatic hydroxyl groups excluding tert-OH is 1. The number of benzene rings is 1. The molecule has 0 saturated carbocycles. The monoisotopic (exact) mass is 372 g/mol. The molecule has 0 aliphatic rings. The summed E-state index contributed by atoms with van der Waals surface area (Å²) in [6.07, 6.45) is 2.34. The lowest BCUT2D eigenvalue weighted by atomic mass is 10.1. The molecule has 136 valence electrons. The van der Waals surface area contributed by atoms with E-state index in [4.69, 9.17) is 4.74 Å². The quantitative estimate of drug-likeness (QED) is 0.593. The summed E-state index contributed by atoms with van der Waals surface area (Å²) in [5, 5.41) is 19.1. The van der Waals surface area contributed by atoms with Crippen LogP contribution in [0, 0.1) is 0 Å². The van der Waals surface area contributed by atoms with Gasteiger partial charge < -0.3 is 14.9 Å². The van der Waals surface area contributed by atoms with Crippen LogP contribution in [-0.2, 0) is 12.8 Å². The van der Waals surface area contributed by atoms with Crippen molar-refractivity contribution >= 4 is 11.3 Å². The summed E-state index contributed by atoms with van der Waals surface area (Å²) in [6.45, 7) is 2.21. The van der Waals surface area contributed by atoms with Crippen LogP contribution in [0.2, 0.25) is 0 Å². The molecule has 3 rings (SSSR count). The van der Waals surface area contributed by atoms with E-state index in [0.29, 0.717) is 24.3 Å². The summed E-state index contributed by atoms with van der Waals surface area (Å²) in [5.74, 6) is 0.690. The first-order valence-electron chi connectivity index (χ1n) is 8.27. The molecule has 6 nitrogen and oxygen atoms in total. The van der Waals surface area contributed by atoms with Crippen LogP contribution in [0.15, 0.2) is 47.4 Å². The van der Waals surface area contributed by atoms with Crippen LogP contribution in [0.25, 0.3) is 0 Å². The zero-order valence-electron chi connectivity index (χ0n) is 14.3. The van der Waals surface area contributed by atoms with Crippen molar-refractivity contribution in [1.29, 1.82) is 0 Å². The smallest absolute Gasteiger partial charge is 0.307 e. The zero-order valence-corrected chi connectivity index (χ0v) is 15.1. The Morgan fingerprint density at radius 1 is 1.23 bits per heavy atom. The number of nitrogens with one attached hydrogen (secondary N) is 1.